The lowest BCUT2D eigenvalue weighted by Crippen LogP contribution is -2.39. The number of aliphatic hydroxyl groups is 1. The maximum atomic E-state index is 10.5. The predicted octanol–water partition coefficient (Wildman–Crippen LogP) is 3.02. The quantitative estimate of drug-likeness (QED) is 0.876. The Morgan fingerprint density at radius 3 is 2.58 bits per heavy atom. The summed E-state index contributed by atoms with van der Waals surface area (Å²) >= 11 is 0. The molecule has 0 atom stereocenters. The van der Waals surface area contributed by atoms with Gasteiger partial charge in [0.05, 0.1) is 5.60 Å². The third-order valence-corrected chi connectivity index (χ3v) is 3.83. The molecule has 2 rings (SSSR count). The first-order valence-electron chi connectivity index (χ1n) is 7.30. The van der Waals surface area contributed by atoms with Crippen LogP contribution < -0.4 is 5.32 Å². The van der Waals surface area contributed by atoms with Crippen LogP contribution >= 0.6 is 0 Å². The van der Waals surface area contributed by atoms with Crippen molar-refractivity contribution in [1.29, 1.82) is 0 Å². The molecule has 1 aliphatic carbocycles. The molecule has 106 valence electrons. The van der Waals surface area contributed by atoms with Crippen LogP contribution in [0.15, 0.2) is 6.07 Å². The van der Waals surface area contributed by atoms with E-state index in [-0.39, 0.29) is 0 Å². The van der Waals surface area contributed by atoms with Crippen LogP contribution in [-0.4, -0.2) is 27.2 Å². The van der Waals surface area contributed by atoms with Gasteiger partial charge in [-0.2, -0.15) is 0 Å². The average Bonchev–Trinajstić information content (AvgIpc) is 2.37. The van der Waals surface area contributed by atoms with Gasteiger partial charge in [0, 0.05) is 17.9 Å². The van der Waals surface area contributed by atoms with E-state index in [1.54, 1.807) is 0 Å². The van der Waals surface area contributed by atoms with Gasteiger partial charge in [-0.25, -0.2) is 9.97 Å². The fourth-order valence-electron chi connectivity index (χ4n) is 2.60. The molecule has 0 spiro atoms. The molecule has 4 heteroatoms. The van der Waals surface area contributed by atoms with Gasteiger partial charge < -0.3 is 10.4 Å². The van der Waals surface area contributed by atoms with E-state index < -0.39 is 5.60 Å². The van der Waals surface area contributed by atoms with Gasteiger partial charge in [0.1, 0.15) is 0 Å². The molecule has 19 heavy (non-hydrogen) atoms. The Bertz CT molecular complexity index is 425. The van der Waals surface area contributed by atoms with E-state index in [2.05, 4.69) is 29.1 Å². The maximum Gasteiger partial charge on any atom is 0.223 e. The zero-order valence-corrected chi connectivity index (χ0v) is 12.2. The third kappa shape index (κ3) is 3.90. The first kappa shape index (κ1) is 14.3. The van der Waals surface area contributed by atoms with E-state index in [0.29, 0.717) is 18.4 Å². The number of nitrogens with zero attached hydrogens (tertiary/aromatic N) is 2. The summed E-state index contributed by atoms with van der Waals surface area (Å²) in [7, 11) is 0. The molecular weight excluding hydrogens is 238 g/mol. The fourth-order valence-corrected chi connectivity index (χ4v) is 2.60. The standard InChI is InChI=1S/C15H25N3O/c1-11(2)13-9-12(3)17-14(18-13)16-10-15(19)7-5-4-6-8-15/h9,11,19H,4-8,10H2,1-3H3,(H,16,17,18). The molecule has 1 aliphatic rings. The SMILES string of the molecule is Cc1cc(C(C)C)nc(NCC2(O)CCCCC2)n1. The number of aromatic nitrogens is 2. The normalized spacial score (nSPS) is 18.6. The molecule has 1 fully saturated rings. The van der Waals surface area contributed by atoms with Gasteiger partial charge >= 0.3 is 0 Å². The van der Waals surface area contributed by atoms with E-state index in [1.165, 1.54) is 6.42 Å². The van der Waals surface area contributed by atoms with Gasteiger partial charge in [0.2, 0.25) is 5.95 Å². The summed E-state index contributed by atoms with van der Waals surface area (Å²) in [6, 6.07) is 2.02. The van der Waals surface area contributed by atoms with Crippen molar-refractivity contribution in [1.82, 2.24) is 9.97 Å². The van der Waals surface area contributed by atoms with Crippen molar-refractivity contribution in [3.63, 3.8) is 0 Å². The highest BCUT2D eigenvalue weighted by Gasteiger charge is 2.29. The topological polar surface area (TPSA) is 58.0 Å². The van der Waals surface area contributed by atoms with Gasteiger partial charge in [-0.15, -0.1) is 0 Å². The fraction of sp³-hybridized carbons (Fsp3) is 0.733. The molecule has 1 aromatic heterocycles. The second-order valence-electron chi connectivity index (χ2n) is 6.05. The number of anilines is 1. The molecule has 0 unspecified atom stereocenters. The lowest BCUT2D eigenvalue weighted by atomic mass is 9.85. The highest BCUT2D eigenvalue weighted by molar-refractivity contribution is 5.29. The number of aryl methyl sites for hydroxylation is 1. The minimum atomic E-state index is -0.580. The van der Waals surface area contributed by atoms with Crippen LogP contribution in [0, 0.1) is 6.92 Å². The molecule has 2 N–H and O–H groups in total. The summed E-state index contributed by atoms with van der Waals surface area (Å²) in [6.45, 7) is 6.78. The highest BCUT2D eigenvalue weighted by Crippen LogP contribution is 2.28. The Morgan fingerprint density at radius 1 is 1.26 bits per heavy atom. The van der Waals surface area contributed by atoms with Gasteiger partial charge in [0.15, 0.2) is 0 Å². The molecule has 0 radical (unpaired) electrons. The van der Waals surface area contributed by atoms with Crippen molar-refractivity contribution in [2.24, 2.45) is 0 Å². The van der Waals surface area contributed by atoms with Gasteiger partial charge in [-0.1, -0.05) is 33.1 Å². The van der Waals surface area contributed by atoms with Crippen molar-refractivity contribution >= 4 is 5.95 Å². The summed E-state index contributed by atoms with van der Waals surface area (Å²) in [5.41, 5.74) is 1.44. The van der Waals surface area contributed by atoms with Gasteiger partial charge in [0.25, 0.3) is 0 Å². The van der Waals surface area contributed by atoms with Crippen LogP contribution in [0.25, 0.3) is 0 Å². The van der Waals surface area contributed by atoms with Crippen LogP contribution in [-0.2, 0) is 0 Å². The summed E-state index contributed by atoms with van der Waals surface area (Å²) in [5, 5.41) is 13.7. The minimum Gasteiger partial charge on any atom is -0.388 e. The van der Waals surface area contributed by atoms with Crippen molar-refractivity contribution in [3.8, 4) is 0 Å². The monoisotopic (exact) mass is 263 g/mol. The molecular formula is C15H25N3O. The Kier molecular flexibility index (Phi) is 4.40. The Hall–Kier alpha value is -1.16. The predicted molar refractivity (Wildman–Crippen MR) is 77.4 cm³/mol. The van der Waals surface area contributed by atoms with Crippen molar-refractivity contribution in [2.45, 2.75) is 64.4 Å². The minimum absolute atomic E-state index is 0.389. The largest absolute Gasteiger partial charge is 0.388 e. The number of hydrogen-bond acceptors (Lipinski definition) is 4. The average molecular weight is 263 g/mol. The molecule has 1 aromatic rings. The van der Waals surface area contributed by atoms with Gasteiger partial charge in [-0.05, 0) is 31.7 Å². The number of hydrogen-bond donors (Lipinski definition) is 2. The summed E-state index contributed by atoms with van der Waals surface area (Å²) in [5.74, 6) is 1.03. The van der Waals surface area contributed by atoms with E-state index in [0.717, 1.165) is 37.1 Å². The second-order valence-corrected chi connectivity index (χ2v) is 6.05. The van der Waals surface area contributed by atoms with Crippen LogP contribution in [0.5, 0.6) is 0 Å². The molecule has 4 nitrogen and oxygen atoms in total. The first-order chi connectivity index (χ1) is 8.98. The number of nitrogens with one attached hydrogen (secondary N) is 1. The Labute approximate surface area is 115 Å². The van der Waals surface area contributed by atoms with Crippen molar-refractivity contribution < 1.29 is 5.11 Å². The Morgan fingerprint density at radius 2 is 1.95 bits per heavy atom. The first-order valence-corrected chi connectivity index (χ1v) is 7.30. The summed E-state index contributed by atoms with van der Waals surface area (Å²) in [6.07, 6.45) is 5.22. The van der Waals surface area contributed by atoms with Crippen LogP contribution in [0.3, 0.4) is 0 Å². The third-order valence-electron chi connectivity index (χ3n) is 3.83. The summed E-state index contributed by atoms with van der Waals surface area (Å²) < 4.78 is 0. The maximum absolute atomic E-state index is 10.5. The molecule has 0 bridgehead atoms. The molecule has 0 amide bonds. The second kappa shape index (κ2) is 5.87. The lowest BCUT2D eigenvalue weighted by molar-refractivity contribution is 0.0166. The molecule has 0 aliphatic heterocycles. The molecule has 0 saturated heterocycles. The van der Waals surface area contributed by atoms with Crippen molar-refractivity contribution in [2.75, 3.05) is 11.9 Å². The van der Waals surface area contributed by atoms with E-state index in [4.69, 9.17) is 0 Å². The van der Waals surface area contributed by atoms with Crippen LogP contribution in [0.4, 0.5) is 5.95 Å². The van der Waals surface area contributed by atoms with E-state index >= 15 is 0 Å². The van der Waals surface area contributed by atoms with Gasteiger partial charge in [-0.3, -0.25) is 0 Å². The smallest absolute Gasteiger partial charge is 0.223 e. The zero-order chi connectivity index (χ0) is 13.9. The van der Waals surface area contributed by atoms with E-state index in [1.807, 2.05) is 13.0 Å². The lowest BCUT2D eigenvalue weighted by Gasteiger charge is -2.32. The molecule has 1 saturated carbocycles. The van der Waals surface area contributed by atoms with E-state index in [9.17, 15) is 5.11 Å². The highest BCUT2D eigenvalue weighted by atomic mass is 16.3. The zero-order valence-electron chi connectivity index (χ0n) is 12.2. The molecule has 1 heterocycles. The van der Waals surface area contributed by atoms with Crippen LogP contribution in [0.2, 0.25) is 0 Å². The molecule has 0 aromatic carbocycles. The summed E-state index contributed by atoms with van der Waals surface area (Å²) in [4.78, 5) is 8.91. The Balaban J connectivity index is 2.02. The van der Waals surface area contributed by atoms with Crippen molar-refractivity contribution in [3.05, 3.63) is 17.5 Å². The number of rotatable bonds is 4. The van der Waals surface area contributed by atoms with Crippen LogP contribution in [0.1, 0.15) is 63.3 Å².